The van der Waals surface area contributed by atoms with Crippen LogP contribution < -0.4 is 4.90 Å². The average Bonchev–Trinajstić information content (AvgIpc) is 2.83. The maximum Gasteiger partial charge on any atom is 0.179 e. The van der Waals surface area contributed by atoms with Gasteiger partial charge in [-0.3, -0.25) is 0 Å². The third-order valence-electron chi connectivity index (χ3n) is 2.82. The zero-order valence-electron chi connectivity index (χ0n) is 8.24. The van der Waals surface area contributed by atoms with Gasteiger partial charge in [-0.05, 0) is 31.0 Å². The lowest BCUT2D eigenvalue weighted by atomic mass is 10.2. The van der Waals surface area contributed by atoms with E-state index in [2.05, 4.69) is 32.1 Å². The van der Waals surface area contributed by atoms with E-state index in [9.17, 15) is 0 Å². The predicted octanol–water partition coefficient (Wildman–Crippen LogP) is 3.19. The fraction of sp³-hybridized carbons (Fsp3) is 0.364. The summed E-state index contributed by atoms with van der Waals surface area (Å²) in [7, 11) is 0. The number of hydrogen-bond acceptors (Lipinski definition) is 3. The molecule has 2 heterocycles. The summed E-state index contributed by atoms with van der Waals surface area (Å²) in [6.45, 7) is 2.18. The van der Waals surface area contributed by atoms with Crippen LogP contribution in [0.3, 0.4) is 0 Å². The fourth-order valence-electron chi connectivity index (χ4n) is 2.06. The standard InChI is InChI=1S/C11H11BrN2O/c12-8-3-4-10-9(7-8)11(13-15-10)14-5-1-2-6-14/h3-4,7H,1-2,5-6H2. The molecule has 0 bridgehead atoms. The monoisotopic (exact) mass is 266 g/mol. The number of hydrogen-bond donors (Lipinski definition) is 0. The molecule has 3 rings (SSSR count). The Morgan fingerprint density at radius 1 is 1.27 bits per heavy atom. The minimum Gasteiger partial charge on any atom is -0.354 e. The van der Waals surface area contributed by atoms with Gasteiger partial charge in [0, 0.05) is 17.6 Å². The van der Waals surface area contributed by atoms with Crippen molar-refractivity contribution in [3.8, 4) is 0 Å². The Hall–Kier alpha value is -1.03. The highest BCUT2D eigenvalue weighted by atomic mass is 79.9. The van der Waals surface area contributed by atoms with Gasteiger partial charge in [0.15, 0.2) is 11.4 Å². The second-order valence-electron chi connectivity index (χ2n) is 3.84. The Morgan fingerprint density at radius 2 is 2.07 bits per heavy atom. The average molecular weight is 267 g/mol. The van der Waals surface area contributed by atoms with Gasteiger partial charge >= 0.3 is 0 Å². The molecule has 0 radical (unpaired) electrons. The molecule has 0 spiro atoms. The van der Waals surface area contributed by atoms with Gasteiger partial charge in [0.2, 0.25) is 0 Å². The first-order valence-electron chi connectivity index (χ1n) is 5.14. The Labute approximate surface area is 96.2 Å². The maximum atomic E-state index is 5.30. The molecule has 0 N–H and O–H groups in total. The van der Waals surface area contributed by atoms with Gasteiger partial charge in [0.1, 0.15) is 0 Å². The predicted molar refractivity (Wildman–Crippen MR) is 63.2 cm³/mol. The third kappa shape index (κ3) is 1.53. The van der Waals surface area contributed by atoms with Crippen LogP contribution in [0.15, 0.2) is 27.2 Å². The van der Waals surface area contributed by atoms with Gasteiger partial charge in [-0.2, -0.15) is 0 Å². The van der Waals surface area contributed by atoms with E-state index in [0.717, 1.165) is 34.3 Å². The zero-order valence-corrected chi connectivity index (χ0v) is 9.83. The molecule has 1 aliphatic rings. The van der Waals surface area contributed by atoms with Crippen LogP contribution in [-0.2, 0) is 0 Å². The van der Waals surface area contributed by atoms with Crippen molar-refractivity contribution in [2.75, 3.05) is 18.0 Å². The topological polar surface area (TPSA) is 29.3 Å². The first-order chi connectivity index (χ1) is 7.34. The highest BCUT2D eigenvalue weighted by molar-refractivity contribution is 9.10. The molecule has 1 aromatic carbocycles. The second-order valence-corrected chi connectivity index (χ2v) is 4.76. The van der Waals surface area contributed by atoms with Gasteiger partial charge < -0.3 is 9.42 Å². The van der Waals surface area contributed by atoms with E-state index < -0.39 is 0 Å². The van der Waals surface area contributed by atoms with Crippen molar-refractivity contribution in [2.24, 2.45) is 0 Å². The lowest BCUT2D eigenvalue weighted by Crippen LogP contribution is -2.17. The molecule has 0 atom stereocenters. The molecule has 4 heteroatoms. The Balaban J connectivity index is 2.13. The van der Waals surface area contributed by atoms with Gasteiger partial charge in [-0.25, -0.2) is 0 Å². The summed E-state index contributed by atoms with van der Waals surface area (Å²) < 4.78 is 6.37. The van der Waals surface area contributed by atoms with Crippen molar-refractivity contribution in [1.82, 2.24) is 5.16 Å². The van der Waals surface area contributed by atoms with Crippen molar-refractivity contribution in [3.05, 3.63) is 22.7 Å². The molecular formula is C11H11BrN2O. The third-order valence-corrected chi connectivity index (χ3v) is 3.31. The molecule has 1 aromatic heterocycles. The van der Waals surface area contributed by atoms with E-state index in [-0.39, 0.29) is 0 Å². The van der Waals surface area contributed by atoms with Crippen molar-refractivity contribution >= 4 is 32.7 Å². The lowest BCUT2D eigenvalue weighted by molar-refractivity contribution is 0.456. The molecule has 1 aliphatic heterocycles. The molecule has 1 fully saturated rings. The Morgan fingerprint density at radius 3 is 2.87 bits per heavy atom. The normalized spacial score (nSPS) is 16.5. The van der Waals surface area contributed by atoms with E-state index in [1.807, 2.05) is 12.1 Å². The van der Waals surface area contributed by atoms with Crippen LogP contribution in [0.5, 0.6) is 0 Å². The summed E-state index contributed by atoms with van der Waals surface area (Å²) >= 11 is 3.47. The smallest absolute Gasteiger partial charge is 0.179 e. The number of fused-ring (bicyclic) bond motifs is 1. The van der Waals surface area contributed by atoms with Crippen LogP contribution in [0.4, 0.5) is 5.82 Å². The van der Waals surface area contributed by atoms with E-state index >= 15 is 0 Å². The van der Waals surface area contributed by atoms with Crippen molar-refractivity contribution in [2.45, 2.75) is 12.8 Å². The largest absolute Gasteiger partial charge is 0.354 e. The van der Waals surface area contributed by atoms with Crippen molar-refractivity contribution < 1.29 is 4.52 Å². The lowest BCUT2D eigenvalue weighted by Gasteiger charge is -2.12. The summed E-state index contributed by atoms with van der Waals surface area (Å²) in [5, 5.41) is 5.25. The Bertz CT molecular complexity index is 488. The molecule has 0 aliphatic carbocycles. The summed E-state index contributed by atoms with van der Waals surface area (Å²) in [6.07, 6.45) is 2.50. The van der Waals surface area contributed by atoms with E-state index in [1.54, 1.807) is 0 Å². The first kappa shape index (κ1) is 9.21. The SMILES string of the molecule is Brc1ccc2onc(N3CCCC3)c2c1. The van der Waals surface area contributed by atoms with Crippen LogP contribution in [0.25, 0.3) is 11.0 Å². The van der Waals surface area contributed by atoms with Crippen LogP contribution in [0, 0.1) is 0 Å². The van der Waals surface area contributed by atoms with E-state index in [0.29, 0.717) is 0 Å². The molecule has 0 unspecified atom stereocenters. The van der Waals surface area contributed by atoms with Crippen molar-refractivity contribution in [3.63, 3.8) is 0 Å². The number of aromatic nitrogens is 1. The molecule has 78 valence electrons. The van der Waals surface area contributed by atoms with Crippen LogP contribution in [0.1, 0.15) is 12.8 Å². The maximum absolute atomic E-state index is 5.30. The Kier molecular flexibility index (Phi) is 2.16. The van der Waals surface area contributed by atoms with Crippen molar-refractivity contribution in [1.29, 1.82) is 0 Å². The molecule has 15 heavy (non-hydrogen) atoms. The second kappa shape index (κ2) is 3.52. The first-order valence-corrected chi connectivity index (χ1v) is 5.94. The van der Waals surface area contributed by atoms with E-state index in [1.165, 1.54) is 12.8 Å². The summed E-state index contributed by atoms with van der Waals surface area (Å²) in [6, 6.07) is 5.99. The summed E-state index contributed by atoms with van der Waals surface area (Å²) in [4.78, 5) is 2.29. The number of nitrogens with zero attached hydrogens (tertiary/aromatic N) is 2. The fourth-order valence-corrected chi connectivity index (χ4v) is 2.42. The number of halogens is 1. The molecular weight excluding hydrogens is 256 g/mol. The number of anilines is 1. The van der Waals surface area contributed by atoms with Crippen LogP contribution in [0.2, 0.25) is 0 Å². The van der Waals surface area contributed by atoms with Gasteiger partial charge in [0.05, 0.1) is 5.39 Å². The molecule has 2 aromatic rings. The van der Waals surface area contributed by atoms with Crippen LogP contribution >= 0.6 is 15.9 Å². The zero-order chi connectivity index (χ0) is 10.3. The quantitative estimate of drug-likeness (QED) is 0.794. The molecule has 0 saturated carbocycles. The number of benzene rings is 1. The minimum absolute atomic E-state index is 0.861. The van der Waals surface area contributed by atoms with Crippen LogP contribution in [-0.4, -0.2) is 18.2 Å². The summed E-state index contributed by atoms with van der Waals surface area (Å²) in [5.74, 6) is 0.990. The van der Waals surface area contributed by atoms with Gasteiger partial charge in [0.25, 0.3) is 0 Å². The minimum atomic E-state index is 0.861. The van der Waals surface area contributed by atoms with Gasteiger partial charge in [-0.1, -0.05) is 21.1 Å². The number of rotatable bonds is 1. The summed E-state index contributed by atoms with van der Waals surface area (Å²) in [5.41, 5.74) is 0.861. The van der Waals surface area contributed by atoms with Gasteiger partial charge in [-0.15, -0.1) is 0 Å². The highest BCUT2D eigenvalue weighted by Crippen LogP contribution is 2.30. The highest BCUT2D eigenvalue weighted by Gasteiger charge is 2.18. The molecule has 0 amide bonds. The molecule has 1 saturated heterocycles. The van der Waals surface area contributed by atoms with E-state index in [4.69, 9.17) is 4.52 Å². The molecule has 3 nitrogen and oxygen atoms in total.